The largest absolute Gasteiger partial charge is 0.339 e. The summed E-state index contributed by atoms with van der Waals surface area (Å²) in [6.45, 7) is 5.97. The molecule has 0 amide bonds. The number of nitrogens with zero attached hydrogens (tertiary/aromatic N) is 3. The number of rotatable bonds is 4. The first-order valence-electron chi connectivity index (χ1n) is 6.60. The van der Waals surface area contributed by atoms with Gasteiger partial charge in [0, 0.05) is 19.1 Å². The van der Waals surface area contributed by atoms with Gasteiger partial charge in [-0.05, 0) is 31.8 Å². The molecule has 2 N–H and O–H groups in total. The molecule has 1 aliphatic rings. The highest BCUT2D eigenvalue weighted by Crippen LogP contribution is 2.31. The van der Waals surface area contributed by atoms with E-state index in [4.69, 9.17) is 10.3 Å². The third-order valence-corrected chi connectivity index (χ3v) is 3.61. The van der Waals surface area contributed by atoms with Crippen molar-refractivity contribution in [1.29, 1.82) is 0 Å². The molecule has 1 saturated carbocycles. The molecule has 5 nitrogen and oxygen atoms in total. The Labute approximate surface area is 102 Å². The molecular formula is C12H22N4O. The SMILES string of the molecule is CCN(CC)c1noc(C2CCCCC2N)n1. The van der Waals surface area contributed by atoms with E-state index in [2.05, 4.69) is 28.9 Å². The quantitative estimate of drug-likeness (QED) is 0.867. The van der Waals surface area contributed by atoms with Crippen LogP contribution in [-0.4, -0.2) is 29.3 Å². The summed E-state index contributed by atoms with van der Waals surface area (Å²) >= 11 is 0. The average molecular weight is 238 g/mol. The fourth-order valence-electron chi connectivity index (χ4n) is 2.48. The van der Waals surface area contributed by atoms with Crippen molar-refractivity contribution in [2.24, 2.45) is 5.73 Å². The van der Waals surface area contributed by atoms with Gasteiger partial charge >= 0.3 is 0 Å². The lowest BCUT2D eigenvalue weighted by Crippen LogP contribution is -2.31. The Morgan fingerprint density at radius 2 is 2.00 bits per heavy atom. The highest BCUT2D eigenvalue weighted by atomic mass is 16.5. The summed E-state index contributed by atoms with van der Waals surface area (Å²) in [5.74, 6) is 1.67. The van der Waals surface area contributed by atoms with E-state index in [1.54, 1.807) is 0 Å². The zero-order chi connectivity index (χ0) is 12.3. The number of aromatic nitrogens is 2. The van der Waals surface area contributed by atoms with Gasteiger partial charge in [0.15, 0.2) is 0 Å². The van der Waals surface area contributed by atoms with E-state index < -0.39 is 0 Å². The summed E-state index contributed by atoms with van der Waals surface area (Å²) in [7, 11) is 0. The van der Waals surface area contributed by atoms with Gasteiger partial charge in [-0.15, -0.1) is 0 Å². The molecule has 17 heavy (non-hydrogen) atoms. The summed E-state index contributed by atoms with van der Waals surface area (Å²) in [4.78, 5) is 6.58. The minimum absolute atomic E-state index is 0.175. The molecule has 1 aliphatic carbocycles. The van der Waals surface area contributed by atoms with E-state index in [0.29, 0.717) is 5.95 Å². The van der Waals surface area contributed by atoms with Crippen molar-refractivity contribution >= 4 is 5.95 Å². The van der Waals surface area contributed by atoms with E-state index in [9.17, 15) is 0 Å². The Balaban J connectivity index is 2.11. The van der Waals surface area contributed by atoms with Crippen LogP contribution in [0.1, 0.15) is 51.3 Å². The van der Waals surface area contributed by atoms with Crippen molar-refractivity contribution in [3.05, 3.63) is 5.89 Å². The van der Waals surface area contributed by atoms with E-state index in [1.807, 2.05) is 0 Å². The molecular weight excluding hydrogens is 216 g/mol. The fourth-order valence-corrected chi connectivity index (χ4v) is 2.48. The lowest BCUT2D eigenvalue weighted by molar-refractivity contribution is 0.290. The zero-order valence-electron chi connectivity index (χ0n) is 10.7. The number of hydrogen-bond acceptors (Lipinski definition) is 5. The van der Waals surface area contributed by atoms with E-state index in [-0.39, 0.29) is 12.0 Å². The Morgan fingerprint density at radius 3 is 2.65 bits per heavy atom. The number of nitrogens with two attached hydrogens (primary N) is 1. The second kappa shape index (κ2) is 5.49. The standard InChI is InChI=1S/C12H22N4O/c1-3-16(4-2)12-14-11(17-15-12)9-7-5-6-8-10(9)13/h9-10H,3-8,13H2,1-2H3. The maximum absolute atomic E-state index is 6.12. The lowest BCUT2D eigenvalue weighted by Gasteiger charge is -2.25. The molecule has 2 unspecified atom stereocenters. The molecule has 2 atom stereocenters. The third-order valence-electron chi connectivity index (χ3n) is 3.61. The van der Waals surface area contributed by atoms with Crippen LogP contribution in [0.15, 0.2) is 4.52 Å². The molecule has 0 spiro atoms. The lowest BCUT2D eigenvalue weighted by atomic mass is 9.85. The van der Waals surface area contributed by atoms with Gasteiger partial charge in [0.1, 0.15) is 0 Å². The van der Waals surface area contributed by atoms with Crippen molar-refractivity contribution in [3.8, 4) is 0 Å². The number of hydrogen-bond donors (Lipinski definition) is 1. The van der Waals surface area contributed by atoms with Gasteiger partial charge in [0.05, 0.1) is 5.92 Å². The Kier molecular flexibility index (Phi) is 3.99. The van der Waals surface area contributed by atoms with Crippen LogP contribution in [0, 0.1) is 0 Å². The summed E-state index contributed by atoms with van der Waals surface area (Å²) in [5.41, 5.74) is 6.12. The van der Waals surface area contributed by atoms with Gasteiger partial charge in [0.2, 0.25) is 5.89 Å². The van der Waals surface area contributed by atoms with Gasteiger partial charge < -0.3 is 15.2 Å². The van der Waals surface area contributed by atoms with E-state index in [1.165, 1.54) is 12.8 Å². The van der Waals surface area contributed by atoms with E-state index in [0.717, 1.165) is 31.8 Å². The second-order valence-electron chi connectivity index (χ2n) is 4.66. The minimum Gasteiger partial charge on any atom is -0.339 e. The molecule has 1 aromatic rings. The molecule has 1 fully saturated rings. The van der Waals surface area contributed by atoms with Crippen LogP contribution in [0.2, 0.25) is 0 Å². The maximum atomic E-state index is 6.12. The van der Waals surface area contributed by atoms with Gasteiger partial charge in [0.25, 0.3) is 5.95 Å². The predicted molar refractivity (Wildman–Crippen MR) is 67.0 cm³/mol. The summed E-state index contributed by atoms with van der Waals surface area (Å²) in [6.07, 6.45) is 4.56. The molecule has 0 radical (unpaired) electrons. The molecule has 1 aromatic heterocycles. The fraction of sp³-hybridized carbons (Fsp3) is 0.833. The van der Waals surface area contributed by atoms with Crippen molar-refractivity contribution in [3.63, 3.8) is 0 Å². The molecule has 96 valence electrons. The van der Waals surface area contributed by atoms with Crippen molar-refractivity contribution < 1.29 is 4.52 Å². The van der Waals surface area contributed by atoms with Gasteiger partial charge in [-0.25, -0.2) is 0 Å². The third kappa shape index (κ3) is 2.60. The molecule has 2 rings (SSSR count). The van der Waals surface area contributed by atoms with Crippen LogP contribution in [0.4, 0.5) is 5.95 Å². The molecule has 1 heterocycles. The minimum atomic E-state index is 0.175. The number of anilines is 1. The molecule has 0 saturated heterocycles. The average Bonchev–Trinajstić information content (AvgIpc) is 2.81. The topological polar surface area (TPSA) is 68.2 Å². The highest BCUT2D eigenvalue weighted by molar-refractivity contribution is 5.27. The van der Waals surface area contributed by atoms with Crippen LogP contribution in [-0.2, 0) is 0 Å². The van der Waals surface area contributed by atoms with Crippen molar-refractivity contribution in [1.82, 2.24) is 10.1 Å². The summed E-state index contributed by atoms with van der Waals surface area (Å²) < 4.78 is 5.38. The molecule has 0 aliphatic heterocycles. The molecule has 0 aromatic carbocycles. The van der Waals surface area contributed by atoms with Crippen LogP contribution < -0.4 is 10.6 Å². The molecule has 5 heteroatoms. The van der Waals surface area contributed by atoms with Crippen molar-refractivity contribution in [2.45, 2.75) is 51.5 Å². The summed E-state index contributed by atoms with van der Waals surface area (Å²) in [5, 5.41) is 4.05. The first-order chi connectivity index (χ1) is 8.26. The summed E-state index contributed by atoms with van der Waals surface area (Å²) in [6, 6.07) is 0.175. The van der Waals surface area contributed by atoms with E-state index >= 15 is 0 Å². The second-order valence-corrected chi connectivity index (χ2v) is 4.66. The highest BCUT2D eigenvalue weighted by Gasteiger charge is 2.28. The first-order valence-corrected chi connectivity index (χ1v) is 6.60. The molecule has 0 bridgehead atoms. The van der Waals surface area contributed by atoms with Crippen LogP contribution >= 0.6 is 0 Å². The monoisotopic (exact) mass is 238 g/mol. The Hall–Kier alpha value is -1.10. The normalized spacial score (nSPS) is 24.9. The Bertz CT molecular complexity index is 348. The van der Waals surface area contributed by atoms with Gasteiger partial charge in [-0.3, -0.25) is 0 Å². The van der Waals surface area contributed by atoms with Gasteiger partial charge in [-0.2, -0.15) is 4.98 Å². The zero-order valence-corrected chi connectivity index (χ0v) is 10.7. The predicted octanol–water partition coefficient (Wildman–Crippen LogP) is 1.90. The first kappa shape index (κ1) is 12.4. The van der Waals surface area contributed by atoms with Crippen LogP contribution in [0.5, 0.6) is 0 Å². The van der Waals surface area contributed by atoms with Crippen LogP contribution in [0.25, 0.3) is 0 Å². The van der Waals surface area contributed by atoms with Gasteiger partial charge in [-0.1, -0.05) is 12.8 Å². The Morgan fingerprint density at radius 1 is 1.29 bits per heavy atom. The van der Waals surface area contributed by atoms with Crippen molar-refractivity contribution in [2.75, 3.05) is 18.0 Å². The smallest absolute Gasteiger partial charge is 0.266 e. The van der Waals surface area contributed by atoms with Crippen LogP contribution in [0.3, 0.4) is 0 Å². The maximum Gasteiger partial charge on any atom is 0.266 e.